The van der Waals surface area contributed by atoms with Crippen LogP contribution in [-0.2, 0) is 6.42 Å². The molecule has 1 saturated heterocycles. The summed E-state index contributed by atoms with van der Waals surface area (Å²) >= 11 is 0. The van der Waals surface area contributed by atoms with Gasteiger partial charge >= 0.3 is 5.69 Å². The number of halogens is 1. The van der Waals surface area contributed by atoms with Crippen LogP contribution in [-0.4, -0.2) is 52.2 Å². The number of imidazole rings is 1. The summed E-state index contributed by atoms with van der Waals surface area (Å²) in [6.07, 6.45) is 3.78. The number of H-pyrrole nitrogens is 1. The number of hydrogen-bond donors (Lipinski definition) is 1. The van der Waals surface area contributed by atoms with Crippen molar-refractivity contribution in [1.29, 1.82) is 0 Å². The molecule has 1 amide bonds. The van der Waals surface area contributed by atoms with Gasteiger partial charge in [0.25, 0.3) is 5.91 Å². The summed E-state index contributed by atoms with van der Waals surface area (Å²) in [7, 11) is 1.53. The van der Waals surface area contributed by atoms with E-state index < -0.39 is 0 Å². The Morgan fingerprint density at radius 3 is 2.76 bits per heavy atom. The minimum Gasteiger partial charge on any atom is -0.481 e. The first-order valence-corrected chi connectivity index (χ1v) is 12.4. The first kappa shape index (κ1) is 23.2. The number of rotatable bonds is 4. The smallest absolute Gasteiger partial charge is 0.327 e. The van der Waals surface area contributed by atoms with Gasteiger partial charge in [0.2, 0.25) is 5.88 Å². The van der Waals surface area contributed by atoms with Gasteiger partial charge in [-0.3, -0.25) is 14.3 Å². The first-order valence-electron chi connectivity index (χ1n) is 12.4. The predicted octanol–water partition coefficient (Wildman–Crippen LogP) is 3.62. The van der Waals surface area contributed by atoms with Crippen molar-refractivity contribution in [2.24, 2.45) is 0 Å². The van der Waals surface area contributed by atoms with Crippen molar-refractivity contribution in [2.45, 2.75) is 32.2 Å². The van der Waals surface area contributed by atoms with Crippen LogP contribution in [0.15, 0.2) is 47.4 Å². The molecule has 3 aromatic heterocycles. The highest BCUT2D eigenvalue weighted by atomic mass is 19.1. The number of benzene rings is 1. The van der Waals surface area contributed by atoms with Crippen LogP contribution in [0, 0.1) is 12.7 Å². The lowest BCUT2D eigenvalue weighted by Gasteiger charge is -2.33. The van der Waals surface area contributed by atoms with Gasteiger partial charge in [0.05, 0.1) is 12.6 Å². The fourth-order valence-electron chi connectivity index (χ4n) is 5.55. The van der Waals surface area contributed by atoms with Crippen molar-refractivity contribution in [3.8, 4) is 5.88 Å². The lowest BCUT2D eigenvalue weighted by atomic mass is 10.0. The molecule has 5 heterocycles. The second-order valence-electron chi connectivity index (χ2n) is 9.52. The zero-order valence-corrected chi connectivity index (χ0v) is 20.7. The lowest BCUT2D eigenvalue weighted by Crippen LogP contribution is -2.37. The fraction of sp³-hybridized carbons (Fsp3) is 0.333. The molecule has 0 unspecified atom stereocenters. The minimum atomic E-state index is -0.254. The Bertz CT molecular complexity index is 1570. The average Bonchev–Trinajstić information content (AvgIpc) is 3.51. The van der Waals surface area contributed by atoms with E-state index in [2.05, 4.69) is 19.9 Å². The number of amides is 1. The largest absolute Gasteiger partial charge is 0.481 e. The third-order valence-electron chi connectivity index (χ3n) is 7.52. The van der Waals surface area contributed by atoms with Gasteiger partial charge in [0.1, 0.15) is 11.6 Å². The van der Waals surface area contributed by atoms with E-state index in [1.165, 1.54) is 13.2 Å². The van der Waals surface area contributed by atoms with Crippen molar-refractivity contribution in [1.82, 2.24) is 19.5 Å². The summed E-state index contributed by atoms with van der Waals surface area (Å²) in [6, 6.07) is 10.3. The number of fused-ring (bicyclic) bond motifs is 2. The number of aromatic nitrogens is 4. The number of anilines is 2. The van der Waals surface area contributed by atoms with E-state index in [1.54, 1.807) is 40.8 Å². The molecule has 4 aromatic rings. The third kappa shape index (κ3) is 3.92. The Balaban J connectivity index is 1.25. The van der Waals surface area contributed by atoms with Crippen LogP contribution in [0.3, 0.4) is 0 Å². The molecule has 9 nitrogen and oxygen atoms in total. The average molecular weight is 503 g/mol. The van der Waals surface area contributed by atoms with Crippen LogP contribution >= 0.6 is 0 Å². The number of piperidine rings is 1. The van der Waals surface area contributed by atoms with E-state index in [1.807, 2.05) is 12.1 Å². The summed E-state index contributed by atoms with van der Waals surface area (Å²) in [5.74, 6) is 0.593. The Labute approximate surface area is 212 Å². The zero-order chi connectivity index (χ0) is 25.7. The van der Waals surface area contributed by atoms with E-state index in [0.29, 0.717) is 54.5 Å². The number of hydrogen-bond acceptors (Lipinski definition) is 6. The normalized spacial score (nSPS) is 15.9. The molecule has 0 aliphatic carbocycles. The number of carbonyl (C=O) groups excluding carboxylic acids is 1. The molecule has 2 aliphatic rings. The molecule has 0 saturated carbocycles. The number of carbonyl (C=O) groups is 1. The number of methoxy groups -OCH3 is 1. The Morgan fingerprint density at radius 1 is 1.16 bits per heavy atom. The SMILES string of the molecule is COc1cc(C(=O)N2CCc3c2ccc(F)c3C)cc(N2CCC(n3c(=O)[nH]c4ncccc43)CC2)n1. The highest BCUT2D eigenvalue weighted by Gasteiger charge is 2.30. The first-order chi connectivity index (χ1) is 17.9. The standard InChI is InChI=1S/C27H27FN6O3/c1-16-19-9-13-33(21(19)6-5-20(16)28)26(35)17-14-23(30-24(15-17)37-2)32-11-7-18(8-12-32)34-22-4-3-10-29-25(22)31-27(34)36/h3-6,10,14-15,18H,7-9,11-13H2,1-2H3,(H,29,31,36). The van der Waals surface area contributed by atoms with Gasteiger partial charge in [-0.05, 0) is 67.6 Å². The van der Waals surface area contributed by atoms with Crippen LogP contribution < -0.4 is 20.2 Å². The molecular formula is C27H27FN6O3. The maximum Gasteiger partial charge on any atom is 0.327 e. The van der Waals surface area contributed by atoms with Crippen LogP contribution in [0.1, 0.15) is 40.4 Å². The topological polar surface area (TPSA) is 96.3 Å². The summed E-state index contributed by atoms with van der Waals surface area (Å²) in [6.45, 7) is 3.59. The monoisotopic (exact) mass is 502 g/mol. The third-order valence-corrected chi connectivity index (χ3v) is 7.52. The number of nitrogens with one attached hydrogen (secondary N) is 1. The highest BCUT2D eigenvalue weighted by molar-refractivity contribution is 6.08. The lowest BCUT2D eigenvalue weighted by molar-refractivity contribution is 0.0989. The van der Waals surface area contributed by atoms with E-state index in [-0.39, 0.29) is 23.5 Å². The van der Waals surface area contributed by atoms with E-state index >= 15 is 0 Å². The number of nitrogens with zero attached hydrogens (tertiary/aromatic N) is 5. The molecule has 1 N–H and O–H groups in total. The van der Waals surface area contributed by atoms with E-state index in [4.69, 9.17) is 4.74 Å². The van der Waals surface area contributed by atoms with Gasteiger partial charge in [0.15, 0.2) is 5.65 Å². The molecule has 6 rings (SSSR count). The van der Waals surface area contributed by atoms with Crippen LogP contribution in [0.2, 0.25) is 0 Å². The fourth-order valence-corrected chi connectivity index (χ4v) is 5.55. The van der Waals surface area contributed by atoms with Crippen molar-refractivity contribution in [3.05, 3.63) is 75.6 Å². The Morgan fingerprint density at radius 2 is 1.97 bits per heavy atom. The van der Waals surface area contributed by atoms with Gasteiger partial charge in [0, 0.05) is 49.2 Å². The molecular weight excluding hydrogens is 475 g/mol. The van der Waals surface area contributed by atoms with Crippen LogP contribution in [0.5, 0.6) is 5.88 Å². The second-order valence-corrected chi connectivity index (χ2v) is 9.52. The van der Waals surface area contributed by atoms with Crippen LogP contribution in [0.4, 0.5) is 15.9 Å². The maximum atomic E-state index is 14.0. The van der Waals surface area contributed by atoms with E-state index in [9.17, 15) is 14.0 Å². The van der Waals surface area contributed by atoms with Crippen molar-refractivity contribution in [2.75, 3.05) is 36.5 Å². The summed E-state index contributed by atoms with van der Waals surface area (Å²) < 4.78 is 21.3. The zero-order valence-electron chi connectivity index (χ0n) is 20.7. The second kappa shape index (κ2) is 9.02. The van der Waals surface area contributed by atoms with Crippen molar-refractivity contribution in [3.63, 3.8) is 0 Å². The van der Waals surface area contributed by atoms with Gasteiger partial charge in [-0.15, -0.1) is 0 Å². The number of aromatic amines is 1. The van der Waals surface area contributed by atoms with Gasteiger partial charge in [-0.2, -0.15) is 4.98 Å². The molecule has 0 bridgehead atoms. The highest BCUT2D eigenvalue weighted by Crippen LogP contribution is 2.34. The number of pyridine rings is 2. The maximum absolute atomic E-state index is 14.0. The van der Waals surface area contributed by atoms with Crippen molar-refractivity contribution >= 4 is 28.6 Å². The van der Waals surface area contributed by atoms with Crippen LogP contribution in [0.25, 0.3) is 11.2 Å². The molecule has 37 heavy (non-hydrogen) atoms. The molecule has 0 spiro atoms. The Hall–Kier alpha value is -4.21. The van der Waals surface area contributed by atoms with Gasteiger partial charge in [-0.25, -0.2) is 14.2 Å². The summed E-state index contributed by atoms with van der Waals surface area (Å²) in [4.78, 5) is 41.7. The Kier molecular flexibility index (Phi) is 5.66. The quantitative estimate of drug-likeness (QED) is 0.458. The van der Waals surface area contributed by atoms with E-state index in [0.717, 1.165) is 29.6 Å². The minimum absolute atomic E-state index is 0.0400. The molecule has 2 aliphatic heterocycles. The molecule has 190 valence electrons. The van der Waals surface area contributed by atoms with Gasteiger partial charge < -0.3 is 14.5 Å². The molecule has 1 fully saturated rings. The molecule has 0 radical (unpaired) electrons. The number of ether oxygens (including phenoxy) is 1. The predicted molar refractivity (Wildman–Crippen MR) is 138 cm³/mol. The summed E-state index contributed by atoms with van der Waals surface area (Å²) in [5, 5.41) is 0. The molecule has 1 aromatic carbocycles. The van der Waals surface area contributed by atoms with Gasteiger partial charge in [-0.1, -0.05) is 0 Å². The molecule has 10 heteroatoms. The molecule has 0 atom stereocenters. The van der Waals surface area contributed by atoms with Crippen molar-refractivity contribution < 1.29 is 13.9 Å². The summed E-state index contributed by atoms with van der Waals surface area (Å²) in [5.41, 5.74) is 3.93.